The van der Waals surface area contributed by atoms with Gasteiger partial charge < -0.3 is 9.47 Å². The first kappa shape index (κ1) is 17.3. The molecule has 0 atom stereocenters. The maximum absolute atomic E-state index is 12.2. The molecule has 2 rings (SSSR count). The molecule has 7 heteroatoms. The second-order valence-electron chi connectivity index (χ2n) is 4.64. The van der Waals surface area contributed by atoms with Crippen LogP contribution in [0.3, 0.4) is 0 Å². The van der Waals surface area contributed by atoms with Gasteiger partial charge in [0, 0.05) is 4.47 Å². The highest BCUT2D eigenvalue weighted by atomic mass is 79.9. The molecule has 0 aromatic heterocycles. The summed E-state index contributed by atoms with van der Waals surface area (Å²) in [5, 5.41) is 0. The molecule has 0 aliphatic rings. The lowest BCUT2D eigenvalue weighted by Gasteiger charge is -2.11. The van der Waals surface area contributed by atoms with E-state index < -0.39 is 18.8 Å². The smallest absolute Gasteiger partial charge is 0.422 e. The van der Waals surface area contributed by atoms with Gasteiger partial charge in [-0.05, 0) is 23.8 Å². The third-order valence-corrected chi connectivity index (χ3v) is 3.18. The second kappa shape index (κ2) is 7.50. The molecule has 0 spiro atoms. The van der Waals surface area contributed by atoms with Crippen molar-refractivity contribution in [1.29, 1.82) is 0 Å². The summed E-state index contributed by atoms with van der Waals surface area (Å²) in [5.74, 6) is -0.713. The fourth-order valence-corrected chi connectivity index (χ4v) is 2.21. The number of alkyl halides is 3. The Bertz CT molecular complexity index is 672. The van der Waals surface area contributed by atoms with E-state index in [2.05, 4.69) is 20.7 Å². The molecule has 2 aromatic rings. The molecule has 0 radical (unpaired) electrons. The minimum atomic E-state index is -4.45. The zero-order valence-electron chi connectivity index (χ0n) is 11.8. The van der Waals surface area contributed by atoms with E-state index in [-0.39, 0.29) is 17.9 Å². The number of carbonyl (C=O) groups excluding carboxylic acids is 1. The molecule has 23 heavy (non-hydrogen) atoms. The fourth-order valence-electron chi connectivity index (χ4n) is 1.74. The Morgan fingerprint density at radius 2 is 1.78 bits per heavy atom. The number of ether oxygens (including phenoxy) is 2. The van der Waals surface area contributed by atoms with E-state index in [0.29, 0.717) is 4.47 Å². The Morgan fingerprint density at radius 3 is 2.43 bits per heavy atom. The van der Waals surface area contributed by atoms with Gasteiger partial charge in [-0.25, -0.2) is 4.79 Å². The van der Waals surface area contributed by atoms with Crippen LogP contribution in [-0.4, -0.2) is 18.8 Å². The van der Waals surface area contributed by atoms with Gasteiger partial charge in [-0.3, -0.25) is 0 Å². The van der Waals surface area contributed by atoms with E-state index in [1.165, 1.54) is 18.2 Å². The zero-order chi connectivity index (χ0) is 16.9. The van der Waals surface area contributed by atoms with Gasteiger partial charge in [0.15, 0.2) is 6.61 Å². The highest BCUT2D eigenvalue weighted by Gasteiger charge is 2.28. The van der Waals surface area contributed by atoms with Crippen molar-refractivity contribution in [3.05, 3.63) is 64.1 Å². The predicted molar refractivity (Wildman–Crippen MR) is 81.3 cm³/mol. The third kappa shape index (κ3) is 5.94. The van der Waals surface area contributed by atoms with Crippen molar-refractivity contribution >= 4 is 21.9 Å². The van der Waals surface area contributed by atoms with Crippen LogP contribution in [0.4, 0.5) is 13.2 Å². The molecule has 0 aliphatic heterocycles. The topological polar surface area (TPSA) is 35.5 Å². The predicted octanol–water partition coefficient (Wildman–Crippen LogP) is 4.75. The molecule has 122 valence electrons. The molecule has 0 saturated carbocycles. The van der Waals surface area contributed by atoms with Crippen LogP contribution in [0.25, 0.3) is 0 Å². The monoisotopic (exact) mass is 388 g/mol. The van der Waals surface area contributed by atoms with Crippen molar-refractivity contribution < 1.29 is 27.4 Å². The zero-order valence-corrected chi connectivity index (χ0v) is 13.4. The van der Waals surface area contributed by atoms with Crippen LogP contribution in [0.5, 0.6) is 5.75 Å². The van der Waals surface area contributed by atoms with Crippen molar-refractivity contribution in [2.24, 2.45) is 0 Å². The lowest BCUT2D eigenvalue weighted by Crippen LogP contribution is -2.19. The van der Waals surface area contributed by atoms with Crippen LogP contribution >= 0.6 is 15.9 Å². The van der Waals surface area contributed by atoms with Crippen LogP contribution in [0.1, 0.15) is 15.9 Å². The average Bonchev–Trinajstić information content (AvgIpc) is 2.50. The molecule has 3 nitrogen and oxygen atoms in total. The summed E-state index contributed by atoms with van der Waals surface area (Å²) in [6.07, 6.45) is -4.45. The number of halogens is 4. The Balaban J connectivity index is 2.03. The van der Waals surface area contributed by atoms with Crippen LogP contribution < -0.4 is 4.74 Å². The summed E-state index contributed by atoms with van der Waals surface area (Å²) in [6, 6.07) is 13.1. The highest BCUT2D eigenvalue weighted by molar-refractivity contribution is 9.10. The van der Waals surface area contributed by atoms with Crippen LogP contribution in [-0.2, 0) is 11.3 Å². The molecule has 0 amide bonds. The highest BCUT2D eigenvalue weighted by Crippen LogP contribution is 2.24. The van der Waals surface area contributed by atoms with Gasteiger partial charge in [0.05, 0.1) is 5.56 Å². The first-order chi connectivity index (χ1) is 10.8. The Labute approximate surface area is 139 Å². The molecule has 0 N–H and O–H groups in total. The lowest BCUT2D eigenvalue weighted by atomic mass is 10.2. The summed E-state index contributed by atoms with van der Waals surface area (Å²) in [6.45, 7) is -1.35. The average molecular weight is 389 g/mol. The standard InChI is InChI=1S/C16H12BrF3O3/c17-13-6-12(7-14(8-13)23-10-16(18,19)20)15(21)22-9-11-4-2-1-3-5-11/h1-8H,9-10H2. The number of benzene rings is 2. The molecule has 0 bridgehead atoms. The number of hydrogen-bond donors (Lipinski definition) is 0. The van der Waals surface area contributed by atoms with Crippen LogP contribution in [0, 0.1) is 0 Å². The van der Waals surface area contributed by atoms with Crippen molar-refractivity contribution in [3.8, 4) is 5.75 Å². The van der Waals surface area contributed by atoms with Gasteiger partial charge >= 0.3 is 12.1 Å². The fraction of sp³-hybridized carbons (Fsp3) is 0.188. The van der Waals surface area contributed by atoms with Gasteiger partial charge in [-0.15, -0.1) is 0 Å². The summed E-state index contributed by atoms with van der Waals surface area (Å²) < 4.78 is 46.7. The third-order valence-electron chi connectivity index (χ3n) is 2.72. The maximum atomic E-state index is 12.2. The SMILES string of the molecule is O=C(OCc1ccccc1)c1cc(Br)cc(OCC(F)(F)F)c1. The Morgan fingerprint density at radius 1 is 1.09 bits per heavy atom. The van der Waals surface area contributed by atoms with Gasteiger partial charge in [0.2, 0.25) is 0 Å². The van der Waals surface area contributed by atoms with Gasteiger partial charge in [-0.2, -0.15) is 13.2 Å². The van der Waals surface area contributed by atoms with Gasteiger partial charge in [0.25, 0.3) is 0 Å². The Kier molecular flexibility index (Phi) is 5.65. The number of esters is 1. The molecular formula is C16H12BrF3O3. The number of carbonyl (C=O) groups is 1. The van der Waals surface area contributed by atoms with Crippen LogP contribution in [0.15, 0.2) is 53.0 Å². The minimum Gasteiger partial charge on any atom is -0.484 e. The molecule has 0 fully saturated rings. The van der Waals surface area contributed by atoms with Crippen molar-refractivity contribution in [2.75, 3.05) is 6.61 Å². The maximum Gasteiger partial charge on any atom is 0.422 e. The lowest BCUT2D eigenvalue weighted by molar-refractivity contribution is -0.153. The van der Waals surface area contributed by atoms with Crippen molar-refractivity contribution in [3.63, 3.8) is 0 Å². The summed E-state index contributed by atoms with van der Waals surface area (Å²) in [4.78, 5) is 12.0. The van der Waals surface area contributed by atoms with E-state index in [1.54, 1.807) is 12.1 Å². The number of hydrogen-bond acceptors (Lipinski definition) is 3. The first-order valence-corrected chi connectivity index (χ1v) is 7.34. The molecule has 0 aliphatic carbocycles. The second-order valence-corrected chi connectivity index (χ2v) is 5.56. The molecule has 0 heterocycles. The Hall–Kier alpha value is -2.02. The van der Waals surface area contributed by atoms with Crippen LogP contribution in [0.2, 0.25) is 0 Å². The van der Waals surface area contributed by atoms with Gasteiger partial charge in [0.1, 0.15) is 12.4 Å². The van der Waals surface area contributed by atoms with E-state index >= 15 is 0 Å². The van der Waals surface area contributed by atoms with E-state index in [1.807, 2.05) is 18.2 Å². The summed E-state index contributed by atoms with van der Waals surface area (Å²) >= 11 is 3.13. The van der Waals surface area contributed by atoms with Crippen molar-refractivity contribution in [1.82, 2.24) is 0 Å². The summed E-state index contributed by atoms with van der Waals surface area (Å²) in [5.41, 5.74) is 0.914. The first-order valence-electron chi connectivity index (χ1n) is 6.55. The molecular weight excluding hydrogens is 377 g/mol. The molecule has 2 aromatic carbocycles. The number of rotatable bonds is 5. The normalized spacial score (nSPS) is 11.1. The quantitative estimate of drug-likeness (QED) is 0.693. The minimum absolute atomic E-state index is 0.0663. The molecule has 0 saturated heterocycles. The largest absolute Gasteiger partial charge is 0.484 e. The summed E-state index contributed by atoms with van der Waals surface area (Å²) in [7, 11) is 0. The van der Waals surface area contributed by atoms with E-state index in [0.717, 1.165) is 5.56 Å². The van der Waals surface area contributed by atoms with E-state index in [4.69, 9.17) is 4.74 Å². The molecule has 0 unspecified atom stereocenters. The van der Waals surface area contributed by atoms with Crippen molar-refractivity contribution in [2.45, 2.75) is 12.8 Å². The van der Waals surface area contributed by atoms with E-state index in [9.17, 15) is 18.0 Å². The van der Waals surface area contributed by atoms with Gasteiger partial charge in [-0.1, -0.05) is 46.3 Å².